The van der Waals surface area contributed by atoms with Gasteiger partial charge in [0.05, 0.1) is 6.10 Å². The predicted octanol–water partition coefficient (Wildman–Crippen LogP) is -0.169. The molecule has 0 aliphatic carbocycles. The second kappa shape index (κ2) is 5.07. The molecule has 0 spiro atoms. The summed E-state index contributed by atoms with van der Waals surface area (Å²) < 4.78 is 0. The number of aliphatic hydroxyl groups is 3. The van der Waals surface area contributed by atoms with E-state index < -0.39 is 18.3 Å². The Labute approximate surface area is 66.3 Å². The van der Waals surface area contributed by atoms with Gasteiger partial charge in [-0.3, -0.25) is 0 Å². The standard InChI is InChI=1S/C8H14O3/c1-3-5-7(10)8(11)6(9)4-2/h3-4,6-11H,1-2,5H2/t6-,7-,8+/m1/s1. The molecule has 0 rings (SSSR count). The maximum atomic E-state index is 9.10. The zero-order chi connectivity index (χ0) is 8.85. The molecule has 0 heterocycles. The molecule has 3 atom stereocenters. The normalized spacial score (nSPS) is 18.5. The molecule has 3 N–H and O–H groups in total. The van der Waals surface area contributed by atoms with Crippen LogP contribution in [0.25, 0.3) is 0 Å². The first-order valence-electron chi connectivity index (χ1n) is 3.41. The van der Waals surface area contributed by atoms with Crippen molar-refractivity contribution in [2.45, 2.75) is 24.7 Å². The lowest BCUT2D eigenvalue weighted by Crippen LogP contribution is -2.35. The highest BCUT2D eigenvalue weighted by molar-refractivity contribution is 4.90. The molecule has 0 saturated carbocycles. The summed E-state index contributed by atoms with van der Waals surface area (Å²) in [5.41, 5.74) is 0. The van der Waals surface area contributed by atoms with E-state index >= 15 is 0 Å². The van der Waals surface area contributed by atoms with Crippen molar-refractivity contribution >= 4 is 0 Å². The summed E-state index contributed by atoms with van der Waals surface area (Å²) in [5.74, 6) is 0. The molecule has 0 bridgehead atoms. The topological polar surface area (TPSA) is 60.7 Å². The summed E-state index contributed by atoms with van der Waals surface area (Å²) in [6.07, 6.45) is -0.317. The maximum Gasteiger partial charge on any atom is 0.110 e. The number of hydrogen-bond acceptors (Lipinski definition) is 3. The highest BCUT2D eigenvalue weighted by atomic mass is 16.4. The van der Waals surface area contributed by atoms with Crippen molar-refractivity contribution in [3.8, 4) is 0 Å². The van der Waals surface area contributed by atoms with Gasteiger partial charge in [-0.05, 0) is 6.42 Å². The third kappa shape index (κ3) is 3.32. The Hall–Kier alpha value is -0.640. The fraction of sp³-hybridized carbons (Fsp3) is 0.500. The Morgan fingerprint density at radius 2 is 1.73 bits per heavy atom. The van der Waals surface area contributed by atoms with Crippen molar-refractivity contribution in [3.63, 3.8) is 0 Å². The van der Waals surface area contributed by atoms with Gasteiger partial charge in [0, 0.05) is 0 Å². The van der Waals surface area contributed by atoms with E-state index in [2.05, 4.69) is 13.2 Å². The number of hydrogen-bond donors (Lipinski definition) is 3. The van der Waals surface area contributed by atoms with E-state index in [-0.39, 0.29) is 6.42 Å². The minimum atomic E-state index is -1.18. The molecule has 0 aromatic rings. The third-order valence-electron chi connectivity index (χ3n) is 1.39. The van der Waals surface area contributed by atoms with Crippen LogP contribution in [-0.2, 0) is 0 Å². The highest BCUT2D eigenvalue weighted by Crippen LogP contribution is 2.04. The van der Waals surface area contributed by atoms with Gasteiger partial charge in [0.1, 0.15) is 12.2 Å². The van der Waals surface area contributed by atoms with Crippen molar-refractivity contribution in [1.29, 1.82) is 0 Å². The molecule has 0 unspecified atom stereocenters. The lowest BCUT2D eigenvalue weighted by Gasteiger charge is -2.18. The van der Waals surface area contributed by atoms with Crippen LogP contribution in [0.2, 0.25) is 0 Å². The second-order valence-electron chi connectivity index (χ2n) is 2.31. The molecule has 0 aliphatic rings. The minimum Gasteiger partial charge on any atom is -0.390 e. The molecule has 0 aromatic heterocycles. The van der Waals surface area contributed by atoms with Gasteiger partial charge in [-0.2, -0.15) is 0 Å². The van der Waals surface area contributed by atoms with Gasteiger partial charge in [0.2, 0.25) is 0 Å². The molecular weight excluding hydrogens is 144 g/mol. The van der Waals surface area contributed by atoms with E-state index in [1.807, 2.05) is 0 Å². The molecule has 0 radical (unpaired) electrons. The van der Waals surface area contributed by atoms with Crippen LogP contribution in [-0.4, -0.2) is 33.6 Å². The summed E-state index contributed by atoms with van der Waals surface area (Å²) in [7, 11) is 0. The summed E-state index contributed by atoms with van der Waals surface area (Å²) in [6, 6.07) is 0. The summed E-state index contributed by atoms with van der Waals surface area (Å²) in [6.45, 7) is 6.67. The molecule has 0 aliphatic heterocycles. The molecule has 64 valence electrons. The molecule has 0 amide bonds. The molecule has 0 saturated heterocycles. The minimum absolute atomic E-state index is 0.256. The van der Waals surface area contributed by atoms with Crippen LogP contribution < -0.4 is 0 Å². The molecule has 0 aromatic carbocycles. The van der Waals surface area contributed by atoms with E-state index in [0.717, 1.165) is 0 Å². The second-order valence-corrected chi connectivity index (χ2v) is 2.31. The summed E-state index contributed by atoms with van der Waals surface area (Å²) in [5, 5.41) is 27.1. The van der Waals surface area contributed by atoms with E-state index in [1.54, 1.807) is 0 Å². The SMILES string of the molecule is C=CC[C@@H](O)[C@@H](O)[C@H](O)C=C. The Morgan fingerprint density at radius 3 is 2.09 bits per heavy atom. The molecule has 0 fully saturated rings. The Kier molecular flexibility index (Phi) is 4.77. The Balaban J connectivity index is 3.88. The van der Waals surface area contributed by atoms with Gasteiger partial charge in [0.15, 0.2) is 0 Å². The van der Waals surface area contributed by atoms with Crippen molar-refractivity contribution in [2.24, 2.45) is 0 Å². The molecular formula is C8H14O3. The van der Waals surface area contributed by atoms with E-state index in [1.165, 1.54) is 12.2 Å². The van der Waals surface area contributed by atoms with Crippen molar-refractivity contribution < 1.29 is 15.3 Å². The fourth-order valence-electron chi connectivity index (χ4n) is 0.677. The average Bonchev–Trinajstić information content (AvgIpc) is 2.02. The van der Waals surface area contributed by atoms with Crippen LogP contribution in [0.3, 0.4) is 0 Å². The first kappa shape index (κ1) is 10.4. The number of rotatable bonds is 5. The van der Waals surface area contributed by atoms with Gasteiger partial charge in [-0.15, -0.1) is 13.2 Å². The van der Waals surface area contributed by atoms with Gasteiger partial charge >= 0.3 is 0 Å². The first-order chi connectivity index (χ1) is 5.13. The van der Waals surface area contributed by atoms with Gasteiger partial charge in [0.25, 0.3) is 0 Å². The van der Waals surface area contributed by atoms with Crippen molar-refractivity contribution in [1.82, 2.24) is 0 Å². The molecule has 3 heteroatoms. The number of aliphatic hydroxyl groups excluding tert-OH is 3. The molecule has 11 heavy (non-hydrogen) atoms. The monoisotopic (exact) mass is 158 g/mol. The van der Waals surface area contributed by atoms with Crippen molar-refractivity contribution in [3.05, 3.63) is 25.3 Å². The van der Waals surface area contributed by atoms with Crippen LogP contribution in [0, 0.1) is 0 Å². The first-order valence-corrected chi connectivity index (χ1v) is 3.41. The van der Waals surface area contributed by atoms with Crippen LogP contribution in [0.5, 0.6) is 0 Å². The lowest BCUT2D eigenvalue weighted by atomic mass is 10.1. The van der Waals surface area contributed by atoms with E-state index in [4.69, 9.17) is 15.3 Å². The van der Waals surface area contributed by atoms with Gasteiger partial charge in [-0.1, -0.05) is 12.2 Å². The van der Waals surface area contributed by atoms with Crippen LogP contribution in [0.4, 0.5) is 0 Å². The zero-order valence-corrected chi connectivity index (χ0v) is 6.35. The zero-order valence-electron chi connectivity index (χ0n) is 6.35. The summed E-state index contributed by atoms with van der Waals surface area (Å²) >= 11 is 0. The van der Waals surface area contributed by atoms with Crippen LogP contribution >= 0.6 is 0 Å². The quantitative estimate of drug-likeness (QED) is 0.487. The van der Waals surface area contributed by atoms with Crippen LogP contribution in [0.1, 0.15) is 6.42 Å². The third-order valence-corrected chi connectivity index (χ3v) is 1.39. The summed E-state index contributed by atoms with van der Waals surface area (Å²) in [4.78, 5) is 0. The maximum absolute atomic E-state index is 9.10. The Bertz CT molecular complexity index is 133. The van der Waals surface area contributed by atoms with Gasteiger partial charge in [-0.25, -0.2) is 0 Å². The largest absolute Gasteiger partial charge is 0.390 e. The van der Waals surface area contributed by atoms with E-state index in [9.17, 15) is 0 Å². The van der Waals surface area contributed by atoms with Gasteiger partial charge < -0.3 is 15.3 Å². The fourth-order valence-corrected chi connectivity index (χ4v) is 0.677. The predicted molar refractivity (Wildman–Crippen MR) is 43.0 cm³/mol. The average molecular weight is 158 g/mol. The molecule has 3 nitrogen and oxygen atoms in total. The van der Waals surface area contributed by atoms with Crippen molar-refractivity contribution in [2.75, 3.05) is 0 Å². The Morgan fingerprint density at radius 1 is 1.18 bits per heavy atom. The smallest absolute Gasteiger partial charge is 0.110 e. The highest BCUT2D eigenvalue weighted by Gasteiger charge is 2.20. The lowest BCUT2D eigenvalue weighted by molar-refractivity contribution is -0.0392. The van der Waals surface area contributed by atoms with E-state index in [0.29, 0.717) is 0 Å². The van der Waals surface area contributed by atoms with Crippen LogP contribution in [0.15, 0.2) is 25.3 Å².